The number of benzene rings is 3. The molecule has 4 rings (SSSR count). The Bertz CT molecular complexity index is 1140. The molecule has 0 atom stereocenters. The van der Waals surface area contributed by atoms with E-state index in [1.165, 1.54) is 11.1 Å². The van der Waals surface area contributed by atoms with Gasteiger partial charge in [0.2, 0.25) is 0 Å². The number of ether oxygens (including phenoxy) is 1. The molecule has 0 aliphatic heterocycles. The van der Waals surface area contributed by atoms with Crippen molar-refractivity contribution in [3.05, 3.63) is 82.8 Å². The molecule has 0 bridgehead atoms. The molecule has 0 radical (unpaired) electrons. The van der Waals surface area contributed by atoms with E-state index in [9.17, 15) is 0 Å². The first-order valence-corrected chi connectivity index (χ1v) is 11.7. The van der Waals surface area contributed by atoms with Crippen molar-refractivity contribution < 1.29 is 4.74 Å². The number of aryl methyl sites for hydroxylation is 1. The third kappa shape index (κ3) is 5.19. The summed E-state index contributed by atoms with van der Waals surface area (Å²) in [5.41, 5.74) is 4.84. The number of unbranched alkanes of at least 4 members (excludes halogenated alkanes) is 1. The topological polar surface area (TPSA) is 27.1 Å². The van der Waals surface area contributed by atoms with Crippen LogP contribution in [0, 0.1) is 0 Å². The van der Waals surface area contributed by atoms with Crippen molar-refractivity contribution in [2.45, 2.75) is 45.6 Å². The van der Waals surface area contributed by atoms with Gasteiger partial charge in [-0.25, -0.2) is 4.98 Å². The van der Waals surface area contributed by atoms with Crippen LogP contribution in [0.1, 0.15) is 39.2 Å². The van der Waals surface area contributed by atoms with Crippen LogP contribution < -0.4 is 4.74 Å². The number of imidazole rings is 1. The van der Waals surface area contributed by atoms with Gasteiger partial charge in [0.1, 0.15) is 11.6 Å². The number of halogens is 1. The minimum Gasteiger partial charge on any atom is -0.494 e. The van der Waals surface area contributed by atoms with Gasteiger partial charge in [0, 0.05) is 16.6 Å². The van der Waals surface area contributed by atoms with Gasteiger partial charge in [-0.1, -0.05) is 73.1 Å². The van der Waals surface area contributed by atoms with Crippen LogP contribution in [0.5, 0.6) is 5.75 Å². The van der Waals surface area contributed by atoms with Crippen molar-refractivity contribution in [3.63, 3.8) is 0 Å². The van der Waals surface area contributed by atoms with Crippen molar-refractivity contribution in [2.75, 3.05) is 6.61 Å². The lowest BCUT2D eigenvalue weighted by atomic mass is 9.87. The van der Waals surface area contributed by atoms with E-state index in [0.29, 0.717) is 0 Å². The first-order valence-electron chi connectivity index (χ1n) is 10.9. The Hall–Kier alpha value is -2.59. The summed E-state index contributed by atoms with van der Waals surface area (Å²) >= 11 is 3.52. The lowest BCUT2D eigenvalue weighted by Crippen LogP contribution is -2.10. The summed E-state index contributed by atoms with van der Waals surface area (Å²) in [5.74, 6) is 1.96. The Morgan fingerprint density at radius 3 is 2.29 bits per heavy atom. The summed E-state index contributed by atoms with van der Waals surface area (Å²) in [6.07, 6.45) is 2.03. The fourth-order valence-electron chi connectivity index (χ4n) is 3.73. The van der Waals surface area contributed by atoms with E-state index in [2.05, 4.69) is 108 Å². The number of para-hydroxylation sites is 2. The van der Waals surface area contributed by atoms with Crippen LogP contribution in [0.3, 0.4) is 0 Å². The van der Waals surface area contributed by atoms with Gasteiger partial charge in [0.05, 0.1) is 17.6 Å². The van der Waals surface area contributed by atoms with Gasteiger partial charge in [0.25, 0.3) is 0 Å². The van der Waals surface area contributed by atoms with Gasteiger partial charge in [-0.2, -0.15) is 0 Å². The number of nitrogens with zero attached hydrogens (tertiary/aromatic N) is 2. The van der Waals surface area contributed by atoms with Crippen molar-refractivity contribution in [1.29, 1.82) is 0 Å². The fourth-order valence-corrected chi connectivity index (χ4v) is 4.00. The Kier molecular flexibility index (Phi) is 6.47. The van der Waals surface area contributed by atoms with Gasteiger partial charge in [-0.15, -0.1) is 0 Å². The largest absolute Gasteiger partial charge is 0.494 e. The number of aromatic nitrogens is 2. The zero-order valence-corrected chi connectivity index (χ0v) is 20.0. The van der Waals surface area contributed by atoms with Crippen LogP contribution in [0.4, 0.5) is 0 Å². The van der Waals surface area contributed by atoms with Crippen molar-refractivity contribution >= 4 is 27.0 Å². The van der Waals surface area contributed by atoms with E-state index in [0.717, 1.165) is 53.1 Å². The minimum absolute atomic E-state index is 0.165. The molecule has 0 N–H and O–H groups in total. The number of hydrogen-bond acceptors (Lipinski definition) is 2. The highest BCUT2D eigenvalue weighted by Crippen LogP contribution is 2.27. The number of hydrogen-bond donors (Lipinski definition) is 0. The zero-order chi connectivity index (χ0) is 21.8. The van der Waals surface area contributed by atoms with E-state index in [1.807, 2.05) is 6.07 Å². The monoisotopic (exact) mass is 476 g/mol. The van der Waals surface area contributed by atoms with Crippen LogP contribution in [-0.2, 0) is 12.0 Å². The predicted molar refractivity (Wildman–Crippen MR) is 133 cm³/mol. The van der Waals surface area contributed by atoms with Crippen LogP contribution in [0.15, 0.2) is 77.3 Å². The second kappa shape index (κ2) is 9.27. The standard InChI is InChI=1S/C27H29BrN2O/c1-27(2,3)21-12-16-23(17-13-21)31-19-7-6-18-30-25-9-5-4-8-24(25)29-26(30)20-10-14-22(28)15-11-20/h4-5,8-17H,6-7,18-19H2,1-3H3. The lowest BCUT2D eigenvalue weighted by molar-refractivity contribution is 0.303. The molecular formula is C27H29BrN2O. The Morgan fingerprint density at radius 1 is 0.871 bits per heavy atom. The quantitative estimate of drug-likeness (QED) is 0.256. The molecule has 31 heavy (non-hydrogen) atoms. The van der Waals surface area contributed by atoms with Crippen molar-refractivity contribution in [1.82, 2.24) is 9.55 Å². The van der Waals surface area contributed by atoms with E-state index in [4.69, 9.17) is 9.72 Å². The van der Waals surface area contributed by atoms with E-state index < -0.39 is 0 Å². The summed E-state index contributed by atoms with van der Waals surface area (Å²) in [7, 11) is 0. The van der Waals surface area contributed by atoms with Crippen LogP contribution in [0.2, 0.25) is 0 Å². The average Bonchev–Trinajstić information content (AvgIpc) is 3.12. The average molecular weight is 477 g/mol. The van der Waals surface area contributed by atoms with E-state index in [-0.39, 0.29) is 5.41 Å². The smallest absolute Gasteiger partial charge is 0.141 e. The Morgan fingerprint density at radius 2 is 1.58 bits per heavy atom. The van der Waals surface area contributed by atoms with Crippen LogP contribution >= 0.6 is 15.9 Å². The second-order valence-corrected chi connectivity index (χ2v) is 9.83. The minimum atomic E-state index is 0.165. The van der Waals surface area contributed by atoms with Crippen LogP contribution in [-0.4, -0.2) is 16.2 Å². The fraction of sp³-hybridized carbons (Fsp3) is 0.296. The number of rotatable bonds is 7. The molecule has 0 aliphatic rings. The maximum absolute atomic E-state index is 5.98. The molecule has 0 unspecified atom stereocenters. The first-order chi connectivity index (χ1) is 14.9. The zero-order valence-electron chi connectivity index (χ0n) is 18.4. The Balaban J connectivity index is 1.40. The van der Waals surface area contributed by atoms with Crippen molar-refractivity contribution in [2.24, 2.45) is 0 Å². The molecule has 1 aromatic heterocycles. The maximum atomic E-state index is 5.98. The summed E-state index contributed by atoms with van der Waals surface area (Å²) in [5, 5.41) is 0. The van der Waals surface area contributed by atoms with Gasteiger partial charge >= 0.3 is 0 Å². The molecule has 160 valence electrons. The molecule has 3 aromatic carbocycles. The summed E-state index contributed by atoms with van der Waals surface area (Å²) in [6.45, 7) is 8.31. The molecule has 0 aliphatic carbocycles. The predicted octanol–water partition coefficient (Wildman–Crippen LogP) is 7.62. The maximum Gasteiger partial charge on any atom is 0.141 e. The van der Waals surface area contributed by atoms with Gasteiger partial charge in [-0.05, 0) is 60.2 Å². The third-order valence-corrected chi connectivity index (χ3v) is 6.05. The normalized spacial score (nSPS) is 11.7. The SMILES string of the molecule is CC(C)(C)c1ccc(OCCCCn2c(-c3ccc(Br)cc3)nc3ccccc32)cc1. The molecule has 4 aromatic rings. The molecule has 0 spiro atoms. The molecule has 0 amide bonds. The van der Waals surface area contributed by atoms with E-state index >= 15 is 0 Å². The Labute approximate surface area is 193 Å². The molecule has 1 heterocycles. The molecule has 0 fully saturated rings. The molecule has 0 saturated heterocycles. The summed E-state index contributed by atoms with van der Waals surface area (Å²) in [6, 6.07) is 25.2. The molecule has 4 heteroatoms. The molecular weight excluding hydrogens is 448 g/mol. The first kappa shape index (κ1) is 21.6. The summed E-state index contributed by atoms with van der Waals surface area (Å²) < 4.78 is 9.38. The highest BCUT2D eigenvalue weighted by atomic mass is 79.9. The summed E-state index contributed by atoms with van der Waals surface area (Å²) in [4.78, 5) is 4.90. The van der Waals surface area contributed by atoms with Gasteiger partial charge in [0.15, 0.2) is 0 Å². The third-order valence-electron chi connectivity index (χ3n) is 5.52. The highest BCUT2D eigenvalue weighted by molar-refractivity contribution is 9.10. The van der Waals surface area contributed by atoms with E-state index in [1.54, 1.807) is 0 Å². The molecule has 3 nitrogen and oxygen atoms in total. The van der Waals surface area contributed by atoms with Gasteiger partial charge < -0.3 is 9.30 Å². The van der Waals surface area contributed by atoms with Gasteiger partial charge in [-0.3, -0.25) is 0 Å². The number of fused-ring (bicyclic) bond motifs is 1. The van der Waals surface area contributed by atoms with Crippen molar-refractivity contribution in [3.8, 4) is 17.1 Å². The second-order valence-electron chi connectivity index (χ2n) is 8.91. The van der Waals surface area contributed by atoms with Crippen LogP contribution in [0.25, 0.3) is 22.4 Å². The molecule has 0 saturated carbocycles. The lowest BCUT2D eigenvalue weighted by Gasteiger charge is -2.19. The highest BCUT2D eigenvalue weighted by Gasteiger charge is 2.14.